The summed E-state index contributed by atoms with van der Waals surface area (Å²) in [6, 6.07) is 11.1. The van der Waals surface area contributed by atoms with Crippen molar-refractivity contribution in [2.24, 2.45) is 0 Å². The molecule has 0 saturated carbocycles. The lowest BCUT2D eigenvalue weighted by Gasteiger charge is -2.16. The van der Waals surface area contributed by atoms with Crippen molar-refractivity contribution in [2.45, 2.75) is 32.4 Å². The molecular weight excluding hydrogens is 370 g/mol. The van der Waals surface area contributed by atoms with Gasteiger partial charge in [-0.3, -0.25) is 4.79 Å². The molecule has 0 bridgehead atoms. The van der Waals surface area contributed by atoms with Gasteiger partial charge in [0.25, 0.3) is 5.91 Å². The zero-order chi connectivity index (χ0) is 20.8. The van der Waals surface area contributed by atoms with E-state index in [0.29, 0.717) is 25.2 Å². The van der Waals surface area contributed by atoms with Crippen molar-refractivity contribution in [1.82, 2.24) is 30.3 Å². The Bertz CT molecular complexity index is 962. The first-order valence-corrected chi connectivity index (χ1v) is 9.39. The molecule has 0 spiro atoms. The molecule has 3 aromatic rings. The van der Waals surface area contributed by atoms with Crippen molar-refractivity contribution < 1.29 is 9.59 Å². The van der Waals surface area contributed by atoms with Gasteiger partial charge in [-0.2, -0.15) is 5.10 Å². The quantitative estimate of drug-likeness (QED) is 0.530. The lowest BCUT2D eigenvalue weighted by Crippen LogP contribution is -2.37. The standard InChI is InChI=1S/C20H25N7O2/c1-14-11-18(26(2)3)27(25-14)10-9-16(13-28)21-20(29)19-22-17(23-24-19)12-15-7-5-4-6-8-15/h4-8,11,13,16H,9-10,12H2,1-3H3,(H,21,29)(H,22,23,24). The molecule has 2 N–H and O–H groups in total. The molecule has 2 heterocycles. The SMILES string of the molecule is Cc1cc(N(C)C)n(CCC(C=O)NC(=O)c2nnc(Cc3ccccc3)[nH]2)n1. The highest BCUT2D eigenvalue weighted by Gasteiger charge is 2.18. The highest BCUT2D eigenvalue weighted by molar-refractivity contribution is 5.92. The van der Waals surface area contributed by atoms with Gasteiger partial charge in [0.2, 0.25) is 5.82 Å². The molecule has 152 valence electrons. The van der Waals surface area contributed by atoms with Crippen LogP contribution in [0.4, 0.5) is 5.82 Å². The molecule has 0 aliphatic heterocycles. The lowest BCUT2D eigenvalue weighted by molar-refractivity contribution is -0.109. The highest BCUT2D eigenvalue weighted by Crippen LogP contribution is 2.14. The van der Waals surface area contributed by atoms with Crippen molar-refractivity contribution in [3.8, 4) is 0 Å². The number of anilines is 1. The molecule has 2 aromatic heterocycles. The number of amides is 1. The fraction of sp³-hybridized carbons (Fsp3) is 0.350. The van der Waals surface area contributed by atoms with E-state index >= 15 is 0 Å². The maximum atomic E-state index is 12.4. The summed E-state index contributed by atoms with van der Waals surface area (Å²) in [6.07, 6.45) is 1.69. The first-order valence-electron chi connectivity index (χ1n) is 9.39. The number of benzene rings is 1. The van der Waals surface area contributed by atoms with Gasteiger partial charge in [0, 0.05) is 33.1 Å². The maximum absolute atomic E-state index is 12.4. The number of aryl methyl sites for hydroxylation is 2. The fourth-order valence-electron chi connectivity index (χ4n) is 3.00. The van der Waals surface area contributed by atoms with Crippen LogP contribution in [0.25, 0.3) is 0 Å². The van der Waals surface area contributed by atoms with Gasteiger partial charge < -0.3 is 20.0 Å². The van der Waals surface area contributed by atoms with E-state index in [2.05, 4.69) is 25.6 Å². The minimum absolute atomic E-state index is 0.0895. The Balaban J connectivity index is 1.58. The third-order valence-electron chi connectivity index (χ3n) is 4.43. The van der Waals surface area contributed by atoms with Gasteiger partial charge >= 0.3 is 0 Å². The zero-order valence-electron chi connectivity index (χ0n) is 16.8. The van der Waals surface area contributed by atoms with E-state index in [0.717, 1.165) is 23.4 Å². The normalized spacial score (nSPS) is 11.8. The van der Waals surface area contributed by atoms with Gasteiger partial charge in [-0.25, -0.2) is 4.68 Å². The lowest BCUT2D eigenvalue weighted by atomic mass is 10.1. The average molecular weight is 395 g/mol. The third kappa shape index (κ3) is 5.28. The molecular formula is C20H25N7O2. The number of aromatic nitrogens is 5. The Hall–Kier alpha value is -3.49. The largest absolute Gasteiger partial charge is 0.363 e. The summed E-state index contributed by atoms with van der Waals surface area (Å²) in [5.41, 5.74) is 1.96. The number of hydrogen-bond acceptors (Lipinski definition) is 6. The van der Waals surface area contributed by atoms with Gasteiger partial charge in [-0.05, 0) is 18.9 Å². The van der Waals surface area contributed by atoms with Crippen LogP contribution >= 0.6 is 0 Å². The summed E-state index contributed by atoms with van der Waals surface area (Å²) in [4.78, 5) is 28.8. The monoisotopic (exact) mass is 395 g/mol. The van der Waals surface area contributed by atoms with E-state index in [1.54, 1.807) is 0 Å². The molecule has 0 aliphatic rings. The van der Waals surface area contributed by atoms with Crippen LogP contribution < -0.4 is 10.2 Å². The van der Waals surface area contributed by atoms with Crippen molar-refractivity contribution in [3.05, 3.63) is 59.3 Å². The topological polar surface area (TPSA) is 109 Å². The Morgan fingerprint density at radius 2 is 2.03 bits per heavy atom. The second-order valence-electron chi connectivity index (χ2n) is 7.05. The molecule has 3 rings (SSSR count). The van der Waals surface area contributed by atoms with E-state index in [9.17, 15) is 9.59 Å². The molecule has 0 fully saturated rings. The predicted molar refractivity (Wildman–Crippen MR) is 109 cm³/mol. The number of carbonyl (C=O) groups excluding carboxylic acids is 2. The van der Waals surface area contributed by atoms with Crippen molar-refractivity contribution in [1.29, 1.82) is 0 Å². The Labute approximate surface area is 169 Å². The van der Waals surface area contributed by atoms with Gasteiger partial charge in [0.1, 0.15) is 17.9 Å². The van der Waals surface area contributed by atoms with Crippen LogP contribution in [0.5, 0.6) is 0 Å². The van der Waals surface area contributed by atoms with E-state index in [1.807, 2.05) is 67.0 Å². The van der Waals surface area contributed by atoms with Gasteiger partial charge in [-0.15, -0.1) is 10.2 Å². The van der Waals surface area contributed by atoms with Crippen LogP contribution in [0.15, 0.2) is 36.4 Å². The van der Waals surface area contributed by atoms with E-state index in [1.165, 1.54) is 0 Å². The molecule has 1 aromatic carbocycles. The molecule has 0 saturated heterocycles. The first kappa shape index (κ1) is 20.2. The van der Waals surface area contributed by atoms with E-state index in [4.69, 9.17) is 0 Å². The van der Waals surface area contributed by atoms with Crippen LogP contribution in [0.3, 0.4) is 0 Å². The number of nitrogens with one attached hydrogen (secondary N) is 2. The zero-order valence-corrected chi connectivity index (χ0v) is 16.8. The molecule has 1 amide bonds. The molecule has 9 nitrogen and oxygen atoms in total. The average Bonchev–Trinajstić information content (AvgIpc) is 3.32. The summed E-state index contributed by atoms with van der Waals surface area (Å²) in [6.45, 7) is 2.42. The maximum Gasteiger partial charge on any atom is 0.289 e. The smallest absolute Gasteiger partial charge is 0.289 e. The molecule has 29 heavy (non-hydrogen) atoms. The van der Waals surface area contributed by atoms with Crippen LogP contribution in [-0.4, -0.2) is 57.3 Å². The summed E-state index contributed by atoms with van der Waals surface area (Å²) >= 11 is 0. The molecule has 0 aliphatic carbocycles. The molecule has 1 atom stereocenters. The molecule has 1 unspecified atom stereocenters. The van der Waals surface area contributed by atoms with Crippen molar-refractivity contribution >= 4 is 18.0 Å². The fourth-order valence-corrected chi connectivity index (χ4v) is 3.00. The second kappa shape index (κ2) is 9.13. The number of carbonyl (C=O) groups is 2. The second-order valence-corrected chi connectivity index (χ2v) is 7.05. The summed E-state index contributed by atoms with van der Waals surface area (Å²) in [7, 11) is 3.87. The number of aromatic amines is 1. The van der Waals surface area contributed by atoms with Crippen LogP contribution in [0.1, 0.15) is 34.1 Å². The summed E-state index contributed by atoms with van der Waals surface area (Å²) < 4.78 is 1.82. The number of aldehydes is 1. The predicted octanol–water partition coefficient (Wildman–Crippen LogP) is 1.35. The molecule has 9 heteroatoms. The van der Waals surface area contributed by atoms with Gasteiger partial charge in [-0.1, -0.05) is 30.3 Å². The van der Waals surface area contributed by atoms with E-state index in [-0.39, 0.29) is 5.82 Å². The summed E-state index contributed by atoms with van der Waals surface area (Å²) in [5, 5.41) is 15.0. The minimum Gasteiger partial charge on any atom is -0.363 e. The van der Waals surface area contributed by atoms with Crippen LogP contribution in [0.2, 0.25) is 0 Å². The minimum atomic E-state index is -0.648. The highest BCUT2D eigenvalue weighted by atomic mass is 16.2. The van der Waals surface area contributed by atoms with Crippen LogP contribution in [0, 0.1) is 6.92 Å². The number of hydrogen-bond donors (Lipinski definition) is 2. The van der Waals surface area contributed by atoms with Gasteiger partial charge in [0.15, 0.2) is 0 Å². The number of nitrogens with zero attached hydrogens (tertiary/aromatic N) is 5. The van der Waals surface area contributed by atoms with Gasteiger partial charge in [0.05, 0.1) is 11.7 Å². The summed E-state index contributed by atoms with van der Waals surface area (Å²) in [5.74, 6) is 1.16. The van der Waals surface area contributed by atoms with Crippen molar-refractivity contribution in [2.75, 3.05) is 19.0 Å². The number of rotatable bonds is 9. The Kier molecular flexibility index (Phi) is 6.38. The molecule has 0 radical (unpaired) electrons. The number of H-pyrrole nitrogens is 1. The Morgan fingerprint density at radius 3 is 2.72 bits per heavy atom. The first-order chi connectivity index (χ1) is 14.0. The Morgan fingerprint density at radius 1 is 1.28 bits per heavy atom. The van der Waals surface area contributed by atoms with Crippen molar-refractivity contribution in [3.63, 3.8) is 0 Å². The third-order valence-corrected chi connectivity index (χ3v) is 4.43. The van der Waals surface area contributed by atoms with E-state index < -0.39 is 11.9 Å². The van der Waals surface area contributed by atoms with Crippen LogP contribution in [-0.2, 0) is 17.8 Å².